The Hall–Kier alpha value is -1.91. The second-order valence-corrected chi connectivity index (χ2v) is 4.09. The van der Waals surface area contributed by atoms with E-state index in [1.54, 1.807) is 4.90 Å². The van der Waals surface area contributed by atoms with Gasteiger partial charge < -0.3 is 10.0 Å². The number of aromatic nitrogens is 1. The Kier molecular flexibility index (Phi) is 3.37. The molecule has 5 heteroatoms. The van der Waals surface area contributed by atoms with Crippen LogP contribution in [0.5, 0.6) is 0 Å². The highest BCUT2D eigenvalue weighted by molar-refractivity contribution is 5.93. The fourth-order valence-electron chi connectivity index (χ4n) is 1.91. The van der Waals surface area contributed by atoms with Gasteiger partial charge in [0.05, 0.1) is 5.56 Å². The molecule has 0 radical (unpaired) electrons. The van der Waals surface area contributed by atoms with E-state index in [9.17, 15) is 9.59 Å². The number of piperidine rings is 1. The van der Waals surface area contributed by atoms with Gasteiger partial charge in [-0.15, -0.1) is 0 Å². The minimum atomic E-state index is -1.03. The molecule has 0 unspecified atom stereocenters. The van der Waals surface area contributed by atoms with Crippen molar-refractivity contribution in [1.29, 1.82) is 0 Å². The maximum Gasteiger partial charge on any atom is 0.337 e. The highest BCUT2D eigenvalue weighted by Gasteiger charge is 2.19. The number of rotatable bonds is 2. The van der Waals surface area contributed by atoms with Crippen molar-refractivity contribution in [2.24, 2.45) is 0 Å². The number of hydrogen-bond acceptors (Lipinski definition) is 3. The number of carbonyl (C=O) groups excluding carboxylic acids is 1. The standard InChI is InChI=1S/C12H14N2O3/c15-11(14-6-2-1-3-7-14)10-5-4-9(8-13-10)12(16)17/h4-5,8H,1-3,6-7H2,(H,16,17). The van der Waals surface area contributed by atoms with Crippen LogP contribution in [0.25, 0.3) is 0 Å². The molecule has 0 spiro atoms. The number of carboxylic acid groups (broad SMARTS) is 1. The lowest BCUT2D eigenvalue weighted by molar-refractivity contribution is 0.0688. The SMILES string of the molecule is O=C(O)c1ccc(C(=O)N2CCCCC2)nc1. The molecule has 2 heterocycles. The van der Waals surface area contributed by atoms with Crippen LogP contribution in [-0.2, 0) is 0 Å². The van der Waals surface area contributed by atoms with Crippen molar-refractivity contribution in [2.75, 3.05) is 13.1 Å². The van der Waals surface area contributed by atoms with Crippen molar-refractivity contribution in [3.05, 3.63) is 29.6 Å². The number of likely N-dealkylation sites (tertiary alicyclic amines) is 1. The molecule has 1 saturated heterocycles. The smallest absolute Gasteiger partial charge is 0.337 e. The van der Waals surface area contributed by atoms with Crippen molar-refractivity contribution in [3.63, 3.8) is 0 Å². The van der Waals surface area contributed by atoms with E-state index in [4.69, 9.17) is 5.11 Å². The third-order valence-electron chi connectivity index (χ3n) is 2.87. The van der Waals surface area contributed by atoms with Crippen LogP contribution in [-0.4, -0.2) is 40.0 Å². The van der Waals surface area contributed by atoms with E-state index in [1.165, 1.54) is 18.3 Å². The van der Waals surface area contributed by atoms with E-state index in [1.807, 2.05) is 0 Å². The minimum Gasteiger partial charge on any atom is -0.478 e. The number of hydrogen-bond donors (Lipinski definition) is 1. The van der Waals surface area contributed by atoms with Crippen LogP contribution in [0.3, 0.4) is 0 Å². The van der Waals surface area contributed by atoms with Crippen LogP contribution in [0.1, 0.15) is 40.1 Å². The van der Waals surface area contributed by atoms with Gasteiger partial charge >= 0.3 is 5.97 Å². The lowest BCUT2D eigenvalue weighted by atomic mass is 10.1. The molecule has 2 rings (SSSR count). The van der Waals surface area contributed by atoms with Gasteiger partial charge in [0.2, 0.25) is 0 Å². The monoisotopic (exact) mass is 234 g/mol. The predicted octanol–water partition coefficient (Wildman–Crippen LogP) is 1.41. The van der Waals surface area contributed by atoms with Crippen molar-refractivity contribution < 1.29 is 14.7 Å². The van der Waals surface area contributed by atoms with Gasteiger partial charge in [0.1, 0.15) is 5.69 Å². The molecule has 90 valence electrons. The van der Waals surface area contributed by atoms with Crippen LogP contribution < -0.4 is 0 Å². The number of aromatic carboxylic acids is 1. The highest BCUT2D eigenvalue weighted by atomic mass is 16.4. The Balaban J connectivity index is 2.10. The highest BCUT2D eigenvalue weighted by Crippen LogP contribution is 2.12. The number of carboxylic acids is 1. The number of pyridine rings is 1. The molecule has 0 atom stereocenters. The van der Waals surface area contributed by atoms with Gasteiger partial charge in [0, 0.05) is 19.3 Å². The number of nitrogens with zero attached hydrogens (tertiary/aromatic N) is 2. The zero-order valence-electron chi connectivity index (χ0n) is 9.43. The van der Waals surface area contributed by atoms with Gasteiger partial charge in [0.15, 0.2) is 0 Å². The molecule has 0 aliphatic carbocycles. The fraction of sp³-hybridized carbons (Fsp3) is 0.417. The molecule has 0 aromatic carbocycles. The number of carbonyl (C=O) groups is 2. The first-order valence-electron chi connectivity index (χ1n) is 5.67. The minimum absolute atomic E-state index is 0.0974. The topological polar surface area (TPSA) is 70.5 Å². The lowest BCUT2D eigenvalue weighted by Crippen LogP contribution is -2.36. The normalized spacial score (nSPS) is 15.6. The lowest BCUT2D eigenvalue weighted by Gasteiger charge is -2.26. The second-order valence-electron chi connectivity index (χ2n) is 4.09. The van der Waals surface area contributed by atoms with E-state index in [-0.39, 0.29) is 11.5 Å². The molecule has 1 N–H and O–H groups in total. The van der Waals surface area contributed by atoms with E-state index in [0.29, 0.717) is 5.69 Å². The third kappa shape index (κ3) is 2.61. The van der Waals surface area contributed by atoms with Crippen LogP contribution >= 0.6 is 0 Å². The Morgan fingerprint density at radius 3 is 2.41 bits per heavy atom. The van der Waals surface area contributed by atoms with Crippen LogP contribution in [0, 0.1) is 0 Å². The fourth-order valence-corrected chi connectivity index (χ4v) is 1.91. The summed E-state index contributed by atoms with van der Waals surface area (Å²) in [6.07, 6.45) is 4.44. The molecular weight excluding hydrogens is 220 g/mol. The summed E-state index contributed by atoms with van der Waals surface area (Å²) in [4.78, 5) is 28.3. The molecule has 1 aromatic heterocycles. The quantitative estimate of drug-likeness (QED) is 0.839. The van der Waals surface area contributed by atoms with Crippen molar-refractivity contribution in [1.82, 2.24) is 9.88 Å². The summed E-state index contributed by atoms with van der Waals surface area (Å²) < 4.78 is 0. The van der Waals surface area contributed by atoms with Crippen molar-refractivity contribution in [2.45, 2.75) is 19.3 Å². The summed E-state index contributed by atoms with van der Waals surface area (Å²) in [7, 11) is 0. The summed E-state index contributed by atoms with van der Waals surface area (Å²) in [5.74, 6) is -1.14. The maximum atomic E-state index is 12.0. The summed E-state index contributed by atoms with van der Waals surface area (Å²) >= 11 is 0. The first-order chi connectivity index (χ1) is 8.18. The van der Waals surface area contributed by atoms with Gasteiger partial charge in [-0.05, 0) is 31.4 Å². The van der Waals surface area contributed by atoms with Gasteiger partial charge in [-0.3, -0.25) is 9.78 Å². The van der Waals surface area contributed by atoms with Crippen LogP contribution in [0.15, 0.2) is 18.3 Å². The third-order valence-corrected chi connectivity index (χ3v) is 2.87. The van der Waals surface area contributed by atoms with E-state index in [2.05, 4.69) is 4.98 Å². The van der Waals surface area contributed by atoms with Gasteiger partial charge in [-0.25, -0.2) is 4.79 Å². The molecule has 1 amide bonds. The second kappa shape index (κ2) is 4.95. The summed E-state index contributed by atoms with van der Waals surface area (Å²) in [6.45, 7) is 1.53. The number of amides is 1. The average molecular weight is 234 g/mol. The molecule has 1 fully saturated rings. The predicted molar refractivity (Wildman–Crippen MR) is 61.0 cm³/mol. The van der Waals surface area contributed by atoms with E-state index in [0.717, 1.165) is 32.4 Å². The van der Waals surface area contributed by atoms with Gasteiger partial charge in [0.25, 0.3) is 5.91 Å². The maximum absolute atomic E-state index is 12.0. The zero-order valence-corrected chi connectivity index (χ0v) is 9.43. The van der Waals surface area contributed by atoms with Gasteiger partial charge in [-0.1, -0.05) is 0 Å². The summed E-state index contributed by atoms with van der Waals surface area (Å²) in [5.41, 5.74) is 0.414. The Morgan fingerprint density at radius 1 is 1.18 bits per heavy atom. The first kappa shape index (κ1) is 11.6. The van der Waals surface area contributed by atoms with Gasteiger partial charge in [-0.2, -0.15) is 0 Å². The molecule has 0 saturated carbocycles. The molecular formula is C12H14N2O3. The molecule has 0 bridgehead atoms. The zero-order chi connectivity index (χ0) is 12.3. The Labute approximate surface area is 99.1 Å². The Bertz CT molecular complexity index is 422. The summed E-state index contributed by atoms with van der Waals surface area (Å²) in [5, 5.41) is 8.73. The largest absolute Gasteiger partial charge is 0.478 e. The molecule has 1 aliphatic rings. The molecule has 5 nitrogen and oxygen atoms in total. The first-order valence-corrected chi connectivity index (χ1v) is 5.67. The molecule has 17 heavy (non-hydrogen) atoms. The average Bonchev–Trinajstić information content (AvgIpc) is 2.39. The summed E-state index contributed by atoms with van der Waals surface area (Å²) in [6, 6.07) is 2.88. The van der Waals surface area contributed by atoms with Crippen molar-refractivity contribution >= 4 is 11.9 Å². The van der Waals surface area contributed by atoms with E-state index >= 15 is 0 Å². The van der Waals surface area contributed by atoms with Crippen molar-refractivity contribution in [3.8, 4) is 0 Å². The Morgan fingerprint density at radius 2 is 1.88 bits per heavy atom. The van der Waals surface area contributed by atoms with E-state index < -0.39 is 5.97 Å². The van der Waals surface area contributed by atoms with Crippen LogP contribution in [0.2, 0.25) is 0 Å². The molecule has 1 aliphatic heterocycles. The molecule has 1 aromatic rings. The van der Waals surface area contributed by atoms with Crippen LogP contribution in [0.4, 0.5) is 0 Å².